The Balaban J connectivity index is 2.73. The molecule has 0 saturated heterocycles. The molecule has 2 aromatic rings. The summed E-state index contributed by atoms with van der Waals surface area (Å²) in [7, 11) is -1.05. The van der Waals surface area contributed by atoms with E-state index in [0.29, 0.717) is 11.3 Å². The maximum atomic E-state index is 14.3. The normalized spacial score (nSPS) is 13.6. The summed E-state index contributed by atoms with van der Waals surface area (Å²) in [6.07, 6.45) is -0.00151. The molecule has 0 spiro atoms. The fraction of sp³-hybridized carbons (Fsp3) is 0.462. The van der Waals surface area contributed by atoms with Crippen LogP contribution in [-0.4, -0.2) is 31.4 Å². The lowest BCUT2D eigenvalue weighted by Crippen LogP contribution is -2.21. The van der Waals surface area contributed by atoms with Crippen molar-refractivity contribution in [3.05, 3.63) is 58.1 Å². The molecular weight excluding hydrogens is 423 g/mol. The maximum Gasteiger partial charge on any atom is 0.232 e. The van der Waals surface area contributed by atoms with Crippen molar-refractivity contribution in [1.82, 2.24) is 0 Å². The zero-order chi connectivity index (χ0) is 24.4. The molecule has 0 fully saturated rings. The van der Waals surface area contributed by atoms with Crippen LogP contribution in [0.15, 0.2) is 30.3 Å². The van der Waals surface area contributed by atoms with Crippen LogP contribution in [-0.2, 0) is 9.98 Å². The highest BCUT2D eigenvalue weighted by Gasteiger charge is 2.43. The first kappa shape index (κ1) is 25.9. The van der Waals surface area contributed by atoms with Crippen LogP contribution in [0, 0.1) is 19.8 Å². The van der Waals surface area contributed by atoms with Crippen LogP contribution in [0.4, 0.5) is 0 Å². The van der Waals surface area contributed by atoms with Gasteiger partial charge in [0.1, 0.15) is 11.5 Å². The van der Waals surface area contributed by atoms with Crippen molar-refractivity contribution < 1.29 is 23.6 Å². The van der Waals surface area contributed by atoms with E-state index in [4.69, 9.17) is 9.47 Å². The number of ether oxygens (including phenoxy) is 2. The van der Waals surface area contributed by atoms with Crippen LogP contribution in [0.5, 0.6) is 11.5 Å². The Hall–Kier alpha value is -2.39. The quantitative estimate of drug-likeness (QED) is 0.416. The third-order valence-corrected chi connectivity index (χ3v) is 8.63. The van der Waals surface area contributed by atoms with Crippen LogP contribution in [0.1, 0.15) is 72.0 Å². The maximum absolute atomic E-state index is 14.3. The lowest BCUT2D eigenvalue weighted by Gasteiger charge is -2.26. The molecule has 0 amide bonds. The summed E-state index contributed by atoms with van der Waals surface area (Å²) in [6, 6.07) is 8.57. The average molecular weight is 459 g/mol. The van der Waals surface area contributed by atoms with Crippen molar-refractivity contribution >= 4 is 18.2 Å². The SMILES string of the molecule is COc1ccc(C(=O)P(=O)(CC(C)C)C(=O)c2c(C)ccc(C(C)(C)C)c2C)c(OC)c1. The lowest BCUT2D eigenvalue weighted by atomic mass is 9.82. The monoisotopic (exact) mass is 458 g/mol. The second-order valence-corrected chi connectivity index (χ2v) is 12.3. The minimum Gasteiger partial charge on any atom is -0.497 e. The molecule has 0 aliphatic rings. The molecule has 32 heavy (non-hydrogen) atoms. The van der Waals surface area contributed by atoms with Gasteiger partial charge in [0.2, 0.25) is 18.2 Å². The third kappa shape index (κ3) is 4.99. The van der Waals surface area contributed by atoms with Crippen LogP contribution in [0.3, 0.4) is 0 Å². The van der Waals surface area contributed by atoms with Gasteiger partial charge in [0.25, 0.3) is 0 Å². The van der Waals surface area contributed by atoms with Crippen LogP contribution in [0.2, 0.25) is 0 Å². The van der Waals surface area contributed by atoms with Gasteiger partial charge in [-0.1, -0.05) is 46.8 Å². The first-order chi connectivity index (χ1) is 14.8. The molecule has 2 rings (SSSR count). The van der Waals surface area contributed by atoms with E-state index in [1.54, 1.807) is 12.1 Å². The smallest absolute Gasteiger partial charge is 0.232 e. The first-order valence-corrected chi connectivity index (χ1v) is 12.7. The summed E-state index contributed by atoms with van der Waals surface area (Å²) in [6.45, 7) is 13.6. The molecule has 0 aliphatic heterocycles. The summed E-state index contributed by atoms with van der Waals surface area (Å²) < 4.78 is 24.9. The van der Waals surface area contributed by atoms with Crippen LogP contribution >= 0.6 is 7.14 Å². The highest BCUT2D eigenvalue weighted by Crippen LogP contribution is 2.55. The van der Waals surface area contributed by atoms with E-state index in [0.717, 1.165) is 16.7 Å². The highest BCUT2D eigenvalue weighted by molar-refractivity contribution is 7.95. The van der Waals surface area contributed by atoms with Gasteiger partial charge in [0.05, 0.1) is 19.8 Å². The van der Waals surface area contributed by atoms with Gasteiger partial charge < -0.3 is 14.0 Å². The standard InChI is InChI=1S/C26H35O5P/c1-16(2)15-32(29,24(27)20-12-11-19(30-8)14-22(20)31-9)25(28)23-17(3)10-13-21(18(23)4)26(5,6)7/h10-14,16H,15H2,1-9H3. The van der Waals surface area contributed by atoms with Crippen molar-refractivity contribution in [2.24, 2.45) is 5.92 Å². The second kappa shape index (κ2) is 9.62. The van der Waals surface area contributed by atoms with E-state index in [1.165, 1.54) is 20.3 Å². The van der Waals surface area contributed by atoms with Gasteiger partial charge in [-0.3, -0.25) is 9.59 Å². The Morgan fingerprint density at radius 2 is 1.59 bits per heavy atom. The Bertz CT molecular complexity index is 1080. The molecule has 0 N–H and O–H groups in total. The minimum atomic E-state index is -3.99. The lowest BCUT2D eigenvalue weighted by molar-refractivity contribution is 0.103. The van der Waals surface area contributed by atoms with Crippen LogP contribution in [0.25, 0.3) is 0 Å². The number of methoxy groups -OCH3 is 2. The predicted molar refractivity (Wildman–Crippen MR) is 130 cm³/mol. The molecule has 0 aliphatic carbocycles. The van der Waals surface area contributed by atoms with Crippen LogP contribution < -0.4 is 9.47 Å². The number of hydrogen-bond acceptors (Lipinski definition) is 5. The largest absolute Gasteiger partial charge is 0.497 e. The molecule has 1 atom stereocenters. The third-order valence-electron chi connectivity index (χ3n) is 5.61. The van der Waals surface area contributed by atoms with Crippen molar-refractivity contribution in [2.75, 3.05) is 20.4 Å². The summed E-state index contributed by atoms with van der Waals surface area (Å²) in [5.74, 6) is 0.639. The Kier molecular flexibility index (Phi) is 7.78. The van der Waals surface area contributed by atoms with Crippen molar-refractivity contribution in [1.29, 1.82) is 0 Å². The predicted octanol–water partition coefficient (Wildman–Crippen LogP) is 6.62. The second-order valence-electron chi connectivity index (χ2n) is 9.67. The zero-order valence-corrected chi connectivity index (χ0v) is 21.6. The van der Waals surface area contributed by atoms with E-state index in [9.17, 15) is 14.2 Å². The molecule has 6 heteroatoms. The summed E-state index contributed by atoms with van der Waals surface area (Å²) >= 11 is 0. The van der Waals surface area contributed by atoms with Gasteiger partial charge >= 0.3 is 0 Å². The molecule has 1 unspecified atom stereocenters. The van der Waals surface area contributed by atoms with Crippen molar-refractivity contribution in [3.63, 3.8) is 0 Å². The van der Waals surface area contributed by atoms with Gasteiger partial charge in [0, 0.05) is 17.8 Å². The van der Waals surface area contributed by atoms with E-state index < -0.39 is 18.2 Å². The summed E-state index contributed by atoms with van der Waals surface area (Å²) in [4.78, 5) is 27.6. The number of hydrogen-bond donors (Lipinski definition) is 0. The van der Waals surface area contributed by atoms with Gasteiger partial charge in [0.15, 0.2) is 0 Å². The van der Waals surface area contributed by atoms with Crippen molar-refractivity contribution in [3.8, 4) is 11.5 Å². The highest BCUT2D eigenvalue weighted by atomic mass is 31.2. The van der Waals surface area contributed by atoms with Gasteiger partial charge in [-0.2, -0.15) is 0 Å². The molecule has 0 saturated carbocycles. The molecule has 0 radical (unpaired) electrons. The number of benzene rings is 2. The fourth-order valence-electron chi connectivity index (χ4n) is 4.11. The van der Waals surface area contributed by atoms with Crippen molar-refractivity contribution in [2.45, 2.75) is 53.9 Å². The fourth-order valence-corrected chi connectivity index (χ4v) is 6.93. The molecule has 0 bridgehead atoms. The summed E-state index contributed by atoms with van der Waals surface area (Å²) in [5.41, 5.74) is 1.58. The van der Waals surface area contributed by atoms with Gasteiger partial charge in [-0.25, -0.2) is 0 Å². The molecule has 5 nitrogen and oxygen atoms in total. The number of aryl methyl sites for hydroxylation is 1. The van der Waals surface area contributed by atoms with E-state index in [1.807, 2.05) is 39.8 Å². The van der Waals surface area contributed by atoms with E-state index in [-0.39, 0.29) is 28.8 Å². The van der Waals surface area contributed by atoms with Gasteiger partial charge in [-0.05, 0) is 54.0 Å². The molecule has 174 valence electrons. The van der Waals surface area contributed by atoms with E-state index >= 15 is 0 Å². The number of carbonyl (C=O) groups excluding carboxylic acids is 2. The van der Waals surface area contributed by atoms with E-state index in [2.05, 4.69) is 20.8 Å². The molecule has 0 heterocycles. The molecule has 2 aromatic carbocycles. The summed E-state index contributed by atoms with van der Waals surface area (Å²) in [5, 5.41) is 0. The van der Waals surface area contributed by atoms with Gasteiger partial charge in [-0.15, -0.1) is 0 Å². The first-order valence-electron chi connectivity index (χ1n) is 10.8. The average Bonchev–Trinajstić information content (AvgIpc) is 2.70. The Morgan fingerprint density at radius 3 is 2.09 bits per heavy atom. The Morgan fingerprint density at radius 1 is 0.969 bits per heavy atom. The number of rotatable bonds is 8. The Labute approximate surface area is 191 Å². The molecular formula is C26H35O5P. The number of carbonyl (C=O) groups is 2. The topological polar surface area (TPSA) is 69.7 Å². The zero-order valence-electron chi connectivity index (χ0n) is 20.7. The molecule has 0 aromatic heterocycles. The minimum absolute atomic E-state index is 0.00151.